The van der Waals surface area contributed by atoms with E-state index in [0.717, 1.165) is 0 Å². The van der Waals surface area contributed by atoms with Gasteiger partial charge in [0, 0.05) is 0 Å². The molecule has 0 saturated carbocycles. The van der Waals surface area contributed by atoms with E-state index in [2.05, 4.69) is 298 Å². The van der Waals surface area contributed by atoms with E-state index in [1.165, 1.54) is 0 Å². The van der Waals surface area contributed by atoms with Gasteiger partial charge in [0.2, 0.25) is 0 Å². The van der Waals surface area contributed by atoms with E-state index in [1.54, 1.807) is 0 Å². The van der Waals surface area contributed by atoms with Crippen molar-refractivity contribution in [3.63, 3.8) is 0 Å². The van der Waals surface area contributed by atoms with Crippen LogP contribution in [0.5, 0.6) is 0 Å². The number of halogens is 30. The topological polar surface area (TPSA) is 0 Å². The Kier molecular flexibility index (Phi) is 53.7. The molecule has 0 heterocycles. The minimum absolute atomic E-state index is 0.429. The van der Waals surface area contributed by atoms with Crippen molar-refractivity contribution in [2.75, 3.05) is 0 Å². The molecule has 30 heavy (non-hydrogen) atoms. The Morgan fingerprint density at radius 3 is 0.367 bits per heavy atom. The van der Waals surface area contributed by atoms with Gasteiger partial charge in [0.05, 0.1) is 0 Å². The molecule has 0 atom stereocenters. The molecule has 0 aliphatic carbocycles. The summed E-state index contributed by atoms with van der Waals surface area (Å²) in [6.45, 7) is 0. The summed E-state index contributed by atoms with van der Waals surface area (Å²) in [5.74, 6) is 0. The quantitative estimate of drug-likeness (QED) is 0.161. The third-order valence-corrected chi connectivity index (χ3v) is 2150. The molecule has 0 rings (SSSR count). The first-order valence-electron chi connectivity index (χ1n) is 4.14. The van der Waals surface area contributed by atoms with E-state index in [0.29, 0.717) is 0 Å². The van der Waals surface area contributed by atoms with Crippen LogP contribution < -0.4 is 0 Å². The Morgan fingerprint density at radius 2 is 0.267 bits per heavy atom. The zero-order valence-corrected chi connectivity index (χ0v) is 76.1. The Morgan fingerprint density at radius 1 is 0.167 bits per heavy atom. The molecule has 0 amide bonds. The summed E-state index contributed by atoms with van der Waals surface area (Å²) in [5.41, 5.74) is 0. The normalized spacial score (nSPS) is 18.4. The van der Waals surface area contributed by atoms with Crippen LogP contribution in [0.15, 0.2) is 0 Å². The molecule has 0 aromatic rings. The Labute approximate surface area is 385 Å². The Balaban J connectivity index is 5.17. The molecule has 0 aliphatic rings. The SMILES string of the molecule is II(I)I(I)I(I)I(I)I(I)I(I)I(I)I(I)I(I)I(I)I(I)I(I)I(I)I(I)I. The summed E-state index contributed by atoms with van der Waals surface area (Å²) in [7, 11) is -6.50. The van der Waals surface area contributed by atoms with Crippen LogP contribution >= 0.6 is 408 Å². The van der Waals surface area contributed by atoms with Crippen LogP contribution in [-0.2, 0) is 0 Å². The summed E-state index contributed by atoms with van der Waals surface area (Å²) < 4.78 is 0. The van der Waals surface area contributed by atoms with Gasteiger partial charge in [-0.3, -0.25) is 0 Å². The molecule has 0 radical (unpaired) electrons. The summed E-state index contributed by atoms with van der Waals surface area (Å²) in [4.78, 5) is 0. The first-order chi connectivity index (χ1) is 13.6. The predicted molar refractivity (Wildman–Crippen MR) is 421 cm³/mol. The van der Waals surface area contributed by atoms with Gasteiger partial charge >= 0.3 is 408 Å². The van der Waals surface area contributed by atoms with E-state index >= 15 is 0 Å². The van der Waals surface area contributed by atoms with Gasteiger partial charge in [0.15, 0.2) is 0 Å². The van der Waals surface area contributed by atoms with Crippen LogP contribution in [-0.4, -0.2) is 0 Å². The maximum atomic E-state index is 3.27. The molecule has 30 heteroatoms. The number of hydrogen-bond acceptors (Lipinski definition) is 0. The molecule has 0 fully saturated rings. The second-order valence-electron chi connectivity index (χ2n) is 2.27. The third kappa shape index (κ3) is 21.8. The van der Waals surface area contributed by atoms with Crippen molar-refractivity contribution >= 4 is 408 Å². The van der Waals surface area contributed by atoms with E-state index in [4.69, 9.17) is 0 Å². The molecule has 0 aromatic heterocycles. The fourth-order valence-electron chi connectivity index (χ4n) is 0.370. The number of rotatable bonds is 13. The molecule has 210 valence electrons. The zero-order chi connectivity index (χ0) is 24.1. The zero-order valence-electron chi connectivity index (χ0n) is 11.3. The van der Waals surface area contributed by atoms with Gasteiger partial charge in [-0.2, -0.15) is 0 Å². The molecule has 0 aliphatic heterocycles. The van der Waals surface area contributed by atoms with Gasteiger partial charge in [0.1, 0.15) is 0 Å². The van der Waals surface area contributed by atoms with E-state index in [9.17, 15) is 0 Å². The fraction of sp³-hybridized carbons (Fsp3) is 0. The van der Waals surface area contributed by atoms with Gasteiger partial charge in [-0.05, 0) is 0 Å². The molecule has 0 nitrogen and oxygen atoms in total. The van der Waals surface area contributed by atoms with Crippen LogP contribution in [0.4, 0.5) is 0 Å². The molecule has 0 N–H and O–H groups in total. The molecule has 0 bridgehead atoms. The van der Waals surface area contributed by atoms with E-state index in [1.807, 2.05) is 0 Å². The molecular weight excluding hydrogens is 3810 g/mol. The molecule has 0 spiro atoms. The average molecular weight is 3810 g/mol. The molecule has 0 saturated heterocycles. The summed E-state index contributed by atoms with van der Waals surface area (Å²) >= 11 is 50.3. The van der Waals surface area contributed by atoms with E-state index in [-0.39, 0.29) is 0 Å². The first kappa shape index (κ1) is 51.9. The van der Waals surface area contributed by atoms with Gasteiger partial charge in [-0.25, -0.2) is 0 Å². The minimum atomic E-state index is -0.488. The molecule has 0 aromatic carbocycles. The Hall–Kier alpha value is 21.9. The maximum absolute atomic E-state index is 3.27. The van der Waals surface area contributed by atoms with E-state index < -0.39 is 111 Å². The number of hydrogen-bond donors (Lipinski definition) is 0. The van der Waals surface area contributed by atoms with Crippen molar-refractivity contribution in [2.45, 2.75) is 0 Å². The first-order valence-corrected chi connectivity index (χ1v) is 186. The summed E-state index contributed by atoms with van der Waals surface area (Å²) in [5, 5.41) is 0. The van der Waals surface area contributed by atoms with Crippen LogP contribution in [0.3, 0.4) is 0 Å². The van der Waals surface area contributed by atoms with Gasteiger partial charge < -0.3 is 0 Å². The van der Waals surface area contributed by atoms with Crippen molar-refractivity contribution in [3.8, 4) is 0 Å². The Bertz CT molecular complexity index is 407. The standard InChI is InChI=1S/I30/c1-17(2)19(5)21(7)23(9)25(11)27(13)29(15)30(16)28(14)26(12)24(10)22(8)20(6)18(3)4. The van der Waals surface area contributed by atoms with Gasteiger partial charge in [-0.1, -0.05) is 0 Å². The van der Waals surface area contributed by atoms with Crippen molar-refractivity contribution in [1.82, 2.24) is 0 Å². The van der Waals surface area contributed by atoms with Crippen LogP contribution in [0, 0.1) is 0 Å². The third-order valence-electron chi connectivity index (χ3n) is 1.06. The predicted octanol–water partition coefficient (Wildman–Crippen LogP) is 26.6. The van der Waals surface area contributed by atoms with Crippen molar-refractivity contribution < 1.29 is 0 Å². The van der Waals surface area contributed by atoms with Crippen LogP contribution in [0.2, 0.25) is 0 Å². The summed E-state index contributed by atoms with van der Waals surface area (Å²) in [6, 6.07) is 0. The second-order valence-corrected chi connectivity index (χ2v) is 685. The second kappa shape index (κ2) is 31.0. The fourth-order valence-corrected chi connectivity index (χ4v) is 5030. The van der Waals surface area contributed by atoms with Crippen molar-refractivity contribution in [2.24, 2.45) is 0 Å². The van der Waals surface area contributed by atoms with Crippen LogP contribution in [0.1, 0.15) is 0 Å². The molecule has 0 unspecified atom stereocenters. The monoisotopic (exact) mass is 3810 g/mol. The summed E-state index contributed by atoms with van der Waals surface area (Å²) in [6.07, 6.45) is 0. The van der Waals surface area contributed by atoms with Crippen LogP contribution in [0.25, 0.3) is 0 Å². The van der Waals surface area contributed by atoms with Crippen molar-refractivity contribution in [1.29, 1.82) is 0 Å². The van der Waals surface area contributed by atoms with Gasteiger partial charge in [0.25, 0.3) is 0 Å². The average Bonchev–Trinajstić information content (AvgIpc) is 2.72. The molecular formula is I30. The van der Waals surface area contributed by atoms with Crippen molar-refractivity contribution in [3.05, 3.63) is 0 Å². The van der Waals surface area contributed by atoms with Gasteiger partial charge in [-0.15, -0.1) is 0 Å².